The lowest BCUT2D eigenvalue weighted by Gasteiger charge is -2.21. The van der Waals surface area contributed by atoms with Gasteiger partial charge in [0.05, 0.1) is 0 Å². The van der Waals surface area contributed by atoms with Crippen molar-refractivity contribution >= 4 is 12.0 Å². The van der Waals surface area contributed by atoms with Crippen LogP contribution in [0.15, 0.2) is 24.3 Å². The number of benzene rings is 1. The van der Waals surface area contributed by atoms with Crippen molar-refractivity contribution in [3.63, 3.8) is 0 Å². The molecule has 1 aliphatic rings. The van der Waals surface area contributed by atoms with Crippen molar-refractivity contribution in [1.29, 1.82) is 0 Å². The zero-order valence-electron chi connectivity index (χ0n) is 12.3. The maximum atomic E-state index is 12.1. The van der Waals surface area contributed by atoms with E-state index in [2.05, 4.69) is 12.2 Å². The number of carbonyl (C=O) groups is 2. The molecular weight excluding hydrogens is 268 g/mol. The molecule has 5 nitrogen and oxygen atoms in total. The van der Waals surface area contributed by atoms with Gasteiger partial charge in [-0.2, -0.15) is 0 Å². The number of nitrogens with one attached hydrogen (secondary N) is 1. The SMILES string of the molecule is CCc1ccc(CNC(=O)N(CC(=O)O)CC2CC2)cc1. The van der Waals surface area contributed by atoms with E-state index in [-0.39, 0.29) is 12.6 Å². The third-order valence-corrected chi connectivity index (χ3v) is 3.66. The molecule has 0 unspecified atom stereocenters. The summed E-state index contributed by atoms with van der Waals surface area (Å²) >= 11 is 0. The number of carbonyl (C=O) groups excluding carboxylic acids is 1. The monoisotopic (exact) mass is 290 g/mol. The molecule has 2 rings (SSSR count). The van der Waals surface area contributed by atoms with E-state index in [0.29, 0.717) is 19.0 Å². The summed E-state index contributed by atoms with van der Waals surface area (Å²) in [4.78, 5) is 24.3. The van der Waals surface area contributed by atoms with Gasteiger partial charge in [0.25, 0.3) is 0 Å². The summed E-state index contributed by atoms with van der Waals surface area (Å²) in [5.74, 6) is -0.503. The number of hydrogen-bond acceptors (Lipinski definition) is 2. The fourth-order valence-electron chi connectivity index (χ4n) is 2.18. The molecule has 0 heterocycles. The van der Waals surface area contributed by atoms with Crippen molar-refractivity contribution < 1.29 is 14.7 Å². The Balaban J connectivity index is 1.86. The highest BCUT2D eigenvalue weighted by Gasteiger charge is 2.27. The molecule has 0 saturated heterocycles. The van der Waals surface area contributed by atoms with Gasteiger partial charge in [0, 0.05) is 13.1 Å². The van der Waals surface area contributed by atoms with Crippen molar-refractivity contribution in [3.05, 3.63) is 35.4 Å². The number of aliphatic carboxylic acids is 1. The van der Waals surface area contributed by atoms with E-state index in [0.717, 1.165) is 24.8 Å². The fraction of sp³-hybridized carbons (Fsp3) is 0.500. The highest BCUT2D eigenvalue weighted by molar-refractivity contribution is 5.80. The number of urea groups is 1. The van der Waals surface area contributed by atoms with Gasteiger partial charge in [-0.3, -0.25) is 4.79 Å². The molecule has 1 saturated carbocycles. The number of carboxylic acids is 1. The largest absolute Gasteiger partial charge is 0.480 e. The standard InChI is InChI=1S/C16H22N2O3/c1-2-12-3-5-13(6-4-12)9-17-16(21)18(11-15(19)20)10-14-7-8-14/h3-6,14H,2,7-11H2,1H3,(H,17,21)(H,19,20). The lowest BCUT2D eigenvalue weighted by atomic mass is 10.1. The van der Waals surface area contributed by atoms with Crippen LogP contribution in [0.4, 0.5) is 4.79 Å². The van der Waals surface area contributed by atoms with Crippen LogP contribution in [0.3, 0.4) is 0 Å². The van der Waals surface area contributed by atoms with Crippen LogP contribution in [0.25, 0.3) is 0 Å². The van der Waals surface area contributed by atoms with Crippen LogP contribution in [0.2, 0.25) is 0 Å². The summed E-state index contributed by atoms with van der Waals surface area (Å²) in [7, 11) is 0. The Kier molecular flexibility index (Phi) is 5.20. The lowest BCUT2D eigenvalue weighted by molar-refractivity contribution is -0.137. The molecule has 5 heteroatoms. The van der Waals surface area contributed by atoms with E-state index < -0.39 is 5.97 Å². The van der Waals surface area contributed by atoms with Crippen molar-refractivity contribution in [1.82, 2.24) is 10.2 Å². The van der Waals surface area contributed by atoms with E-state index >= 15 is 0 Å². The Morgan fingerprint density at radius 3 is 2.38 bits per heavy atom. The number of carboxylic acid groups (broad SMARTS) is 1. The van der Waals surface area contributed by atoms with Gasteiger partial charge in [-0.15, -0.1) is 0 Å². The minimum absolute atomic E-state index is 0.239. The summed E-state index contributed by atoms with van der Waals surface area (Å²) in [6.45, 7) is 2.81. The van der Waals surface area contributed by atoms with E-state index in [1.807, 2.05) is 24.3 Å². The molecule has 1 fully saturated rings. The highest BCUT2D eigenvalue weighted by atomic mass is 16.4. The summed E-state index contributed by atoms with van der Waals surface area (Å²) in [5, 5.41) is 11.7. The number of hydrogen-bond donors (Lipinski definition) is 2. The maximum absolute atomic E-state index is 12.1. The van der Waals surface area contributed by atoms with Gasteiger partial charge in [-0.25, -0.2) is 4.79 Å². The van der Waals surface area contributed by atoms with Gasteiger partial charge >= 0.3 is 12.0 Å². The van der Waals surface area contributed by atoms with Crippen LogP contribution in [0.5, 0.6) is 0 Å². The average molecular weight is 290 g/mol. The fourth-order valence-corrected chi connectivity index (χ4v) is 2.18. The maximum Gasteiger partial charge on any atom is 0.323 e. The molecule has 2 amide bonds. The molecule has 0 spiro atoms. The van der Waals surface area contributed by atoms with Crippen LogP contribution < -0.4 is 5.32 Å². The third kappa shape index (κ3) is 5.10. The first kappa shape index (κ1) is 15.4. The van der Waals surface area contributed by atoms with Crippen molar-refractivity contribution in [2.24, 2.45) is 5.92 Å². The Morgan fingerprint density at radius 2 is 1.86 bits per heavy atom. The van der Waals surface area contributed by atoms with Gasteiger partial charge in [0.2, 0.25) is 0 Å². The molecule has 0 aliphatic heterocycles. The summed E-state index contributed by atoms with van der Waals surface area (Å²) < 4.78 is 0. The molecule has 0 bridgehead atoms. The van der Waals surface area contributed by atoms with Crippen molar-refractivity contribution in [3.8, 4) is 0 Å². The van der Waals surface area contributed by atoms with Gasteiger partial charge in [0.15, 0.2) is 0 Å². The van der Waals surface area contributed by atoms with Crippen LogP contribution in [-0.2, 0) is 17.8 Å². The van der Waals surface area contributed by atoms with E-state index in [1.165, 1.54) is 10.5 Å². The van der Waals surface area contributed by atoms with Crippen molar-refractivity contribution in [2.45, 2.75) is 32.7 Å². The average Bonchev–Trinajstić information content (AvgIpc) is 3.28. The van der Waals surface area contributed by atoms with E-state index in [1.54, 1.807) is 0 Å². The number of amides is 2. The van der Waals surface area contributed by atoms with Crippen LogP contribution in [-0.4, -0.2) is 35.1 Å². The minimum atomic E-state index is -0.974. The molecule has 0 aromatic heterocycles. The quantitative estimate of drug-likeness (QED) is 0.809. The zero-order valence-corrected chi connectivity index (χ0v) is 12.3. The Labute approximate surface area is 125 Å². The van der Waals surface area contributed by atoms with E-state index in [4.69, 9.17) is 5.11 Å². The first-order valence-corrected chi connectivity index (χ1v) is 7.41. The Morgan fingerprint density at radius 1 is 1.24 bits per heavy atom. The summed E-state index contributed by atoms with van der Waals surface area (Å²) in [5.41, 5.74) is 2.27. The molecular formula is C16H22N2O3. The van der Waals surface area contributed by atoms with E-state index in [9.17, 15) is 9.59 Å². The molecule has 1 aromatic rings. The smallest absolute Gasteiger partial charge is 0.323 e. The predicted octanol–water partition coefficient (Wildman–Crippen LogP) is 2.26. The Hall–Kier alpha value is -2.04. The second-order valence-corrected chi connectivity index (χ2v) is 5.55. The summed E-state index contributed by atoms with van der Waals surface area (Å²) in [6, 6.07) is 7.76. The van der Waals surface area contributed by atoms with Crippen LogP contribution >= 0.6 is 0 Å². The normalized spacial score (nSPS) is 13.8. The van der Waals surface area contributed by atoms with Crippen LogP contribution in [0.1, 0.15) is 30.9 Å². The summed E-state index contributed by atoms with van der Waals surface area (Å²) in [6.07, 6.45) is 3.16. The Bertz CT molecular complexity index is 495. The van der Waals surface area contributed by atoms with Gasteiger partial charge in [-0.05, 0) is 36.3 Å². The predicted molar refractivity (Wildman–Crippen MR) is 80.0 cm³/mol. The molecule has 1 aliphatic carbocycles. The topological polar surface area (TPSA) is 69.6 Å². The molecule has 114 valence electrons. The molecule has 1 aromatic carbocycles. The molecule has 2 N–H and O–H groups in total. The highest BCUT2D eigenvalue weighted by Crippen LogP contribution is 2.29. The van der Waals surface area contributed by atoms with Gasteiger partial charge in [-0.1, -0.05) is 31.2 Å². The molecule has 0 atom stereocenters. The first-order chi connectivity index (χ1) is 10.1. The van der Waals surface area contributed by atoms with Crippen LogP contribution in [0, 0.1) is 5.92 Å². The number of nitrogens with zero attached hydrogens (tertiary/aromatic N) is 1. The second kappa shape index (κ2) is 7.11. The van der Waals surface area contributed by atoms with Crippen molar-refractivity contribution in [2.75, 3.05) is 13.1 Å². The minimum Gasteiger partial charge on any atom is -0.480 e. The first-order valence-electron chi connectivity index (χ1n) is 7.41. The third-order valence-electron chi connectivity index (χ3n) is 3.66. The second-order valence-electron chi connectivity index (χ2n) is 5.55. The number of rotatable bonds is 7. The molecule has 0 radical (unpaired) electrons. The lowest BCUT2D eigenvalue weighted by Crippen LogP contribution is -2.43. The van der Waals surface area contributed by atoms with Gasteiger partial charge < -0.3 is 15.3 Å². The number of aryl methyl sites for hydroxylation is 1. The zero-order chi connectivity index (χ0) is 15.2. The molecule has 21 heavy (non-hydrogen) atoms. The van der Waals surface area contributed by atoms with Gasteiger partial charge in [0.1, 0.15) is 6.54 Å².